The Kier molecular flexibility index (Phi) is 57.7. The molecule has 6 nitrogen and oxygen atoms in total. The lowest BCUT2D eigenvalue weighted by Gasteiger charge is -2.18. The Bertz CT molecular complexity index is 1130. The van der Waals surface area contributed by atoms with E-state index in [9.17, 15) is 14.4 Å². The third-order valence-corrected chi connectivity index (χ3v) is 14.2. The van der Waals surface area contributed by atoms with Crippen LogP contribution < -0.4 is 0 Å². The van der Waals surface area contributed by atoms with Crippen LogP contribution in [-0.2, 0) is 28.6 Å². The van der Waals surface area contributed by atoms with E-state index in [1.54, 1.807) is 0 Å². The fraction of sp³-hybridized carbons (Fsp3) is 0.891. The largest absolute Gasteiger partial charge is 0.462 e. The van der Waals surface area contributed by atoms with Crippen LogP contribution in [0, 0.1) is 0 Å². The molecule has 0 unspecified atom stereocenters. The van der Waals surface area contributed by atoms with Gasteiger partial charge in [0.15, 0.2) is 6.10 Å². The molecular weight excluding hydrogens is 865 g/mol. The summed E-state index contributed by atoms with van der Waals surface area (Å²) in [5.41, 5.74) is 0. The summed E-state index contributed by atoms with van der Waals surface area (Å²) in [5, 5.41) is 0. The van der Waals surface area contributed by atoms with Crippen LogP contribution in [-0.4, -0.2) is 37.2 Å². The number of ether oxygens (including phenoxy) is 3. The van der Waals surface area contributed by atoms with Gasteiger partial charge in [-0.05, 0) is 70.6 Å². The number of carbonyl (C=O) groups is 3. The lowest BCUT2D eigenvalue weighted by Crippen LogP contribution is -2.30. The summed E-state index contributed by atoms with van der Waals surface area (Å²) >= 11 is 0. The Morgan fingerprint density at radius 2 is 0.471 bits per heavy atom. The van der Waals surface area contributed by atoms with Crippen molar-refractivity contribution in [1.29, 1.82) is 0 Å². The van der Waals surface area contributed by atoms with Crippen molar-refractivity contribution in [3.05, 3.63) is 24.3 Å². The summed E-state index contributed by atoms with van der Waals surface area (Å²) in [6.07, 6.45) is 70.3. The summed E-state index contributed by atoms with van der Waals surface area (Å²) in [6, 6.07) is 0. The van der Waals surface area contributed by atoms with Gasteiger partial charge in [0.25, 0.3) is 0 Å². The van der Waals surface area contributed by atoms with Crippen LogP contribution in [0.4, 0.5) is 0 Å². The van der Waals surface area contributed by atoms with Gasteiger partial charge >= 0.3 is 17.9 Å². The van der Waals surface area contributed by atoms with Gasteiger partial charge < -0.3 is 14.2 Å². The Morgan fingerprint density at radius 1 is 0.271 bits per heavy atom. The van der Waals surface area contributed by atoms with Crippen LogP contribution in [0.25, 0.3) is 0 Å². The predicted octanol–water partition coefficient (Wildman–Crippen LogP) is 21.1. The summed E-state index contributed by atoms with van der Waals surface area (Å²) in [6.45, 7) is 6.68. The maximum atomic E-state index is 12.9. The van der Waals surface area contributed by atoms with Gasteiger partial charge in [-0.2, -0.15) is 0 Å². The topological polar surface area (TPSA) is 78.9 Å². The van der Waals surface area contributed by atoms with Gasteiger partial charge in [-0.25, -0.2) is 0 Å². The molecule has 0 N–H and O–H groups in total. The number of rotatable bonds is 58. The van der Waals surface area contributed by atoms with E-state index in [0.29, 0.717) is 19.3 Å². The van der Waals surface area contributed by atoms with Crippen molar-refractivity contribution < 1.29 is 28.6 Å². The number of allylic oxidation sites excluding steroid dienone is 4. The van der Waals surface area contributed by atoms with Gasteiger partial charge in [-0.15, -0.1) is 0 Å². The molecule has 0 rings (SSSR count). The standard InChI is InChI=1S/C64H120O6/c1-4-7-10-13-16-19-22-25-28-30-32-34-36-39-42-45-48-51-54-57-63(66)69-60-61(59-68-62(65)56-53-50-47-44-41-38-27-24-21-18-15-12-9-6-3)70-64(67)58-55-52-49-46-43-40-37-35-33-31-29-26-23-20-17-14-11-8-5-2/h24-25,27-28,61H,4-23,26,29-60H2,1-3H3/b27-24+,28-25+/t61-/m1/s1. The van der Waals surface area contributed by atoms with Crippen molar-refractivity contribution in [1.82, 2.24) is 0 Å². The van der Waals surface area contributed by atoms with Crippen LogP contribution in [0.15, 0.2) is 24.3 Å². The predicted molar refractivity (Wildman–Crippen MR) is 303 cm³/mol. The van der Waals surface area contributed by atoms with E-state index in [2.05, 4.69) is 45.1 Å². The highest BCUT2D eigenvalue weighted by Crippen LogP contribution is 2.17. The second-order valence-corrected chi connectivity index (χ2v) is 21.3. The van der Waals surface area contributed by atoms with Gasteiger partial charge in [0.2, 0.25) is 0 Å². The van der Waals surface area contributed by atoms with E-state index in [1.165, 1.54) is 244 Å². The Hall–Kier alpha value is -2.11. The Morgan fingerprint density at radius 3 is 0.714 bits per heavy atom. The molecule has 70 heavy (non-hydrogen) atoms. The molecule has 0 spiro atoms. The molecule has 0 aliphatic heterocycles. The number of esters is 3. The smallest absolute Gasteiger partial charge is 0.306 e. The molecule has 0 aromatic carbocycles. The molecule has 0 aliphatic rings. The van der Waals surface area contributed by atoms with Gasteiger partial charge in [0.1, 0.15) is 13.2 Å². The lowest BCUT2D eigenvalue weighted by molar-refractivity contribution is -0.167. The van der Waals surface area contributed by atoms with Crippen LogP contribution in [0.5, 0.6) is 0 Å². The molecule has 0 saturated carbocycles. The molecule has 0 aliphatic carbocycles. The minimum atomic E-state index is -0.772. The molecular formula is C64H120O6. The second-order valence-electron chi connectivity index (χ2n) is 21.3. The third kappa shape index (κ3) is 56.8. The Balaban J connectivity index is 4.31. The highest BCUT2D eigenvalue weighted by Gasteiger charge is 2.19. The molecule has 0 saturated heterocycles. The monoisotopic (exact) mass is 985 g/mol. The van der Waals surface area contributed by atoms with E-state index >= 15 is 0 Å². The van der Waals surface area contributed by atoms with Crippen molar-refractivity contribution in [2.24, 2.45) is 0 Å². The molecule has 0 fully saturated rings. The summed E-state index contributed by atoms with van der Waals surface area (Å²) in [4.78, 5) is 38.3. The first-order chi connectivity index (χ1) is 34.5. The highest BCUT2D eigenvalue weighted by atomic mass is 16.6. The van der Waals surface area contributed by atoms with Crippen LogP contribution in [0.3, 0.4) is 0 Å². The van der Waals surface area contributed by atoms with E-state index in [-0.39, 0.29) is 31.1 Å². The van der Waals surface area contributed by atoms with Crippen molar-refractivity contribution >= 4 is 17.9 Å². The lowest BCUT2D eigenvalue weighted by atomic mass is 10.0. The molecule has 0 bridgehead atoms. The number of hydrogen-bond acceptors (Lipinski definition) is 6. The van der Waals surface area contributed by atoms with E-state index in [1.807, 2.05) is 0 Å². The number of hydrogen-bond donors (Lipinski definition) is 0. The van der Waals surface area contributed by atoms with E-state index < -0.39 is 6.10 Å². The van der Waals surface area contributed by atoms with E-state index in [0.717, 1.165) is 64.2 Å². The first-order valence-corrected chi connectivity index (χ1v) is 31.3. The first-order valence-electron chi connectivity index (χ1n) is 31.3. The van der Waals surface area contributed by atoms with Crippen molar-refractivity contribution in [3.8, 4) is 0 Å². The first kappa shape index (κ1) is 67.9. The molecule has 6 heteroatoms. The van der Waals surface area contributed by atoms with Crippen LogP contribution in [0.1, 0.15) is 348 Å². The minimum absolute atomic E-state index is 0.0702. The zero-order valence-corrected chi connectivity index (χ0v) is 47.3. The molecule has 1 atom stereocenters. The number of unbranched alkanes of at least 4 members (excludes halogenated alkanes) is 43. The van der Waals surface area contributed by atoms with Gasteiger partial charge in [-0.3, -0.25) is 14.4 Å². The van der Waals surface area contributed by atoms with Gasteiger partial charge in [0, 0.05) is 19.3 Å². The molecule has 0 radical (unpaired) electrons. The zero-order valence-electron chi connectivity index (χ0n) is 47.3. The van der Waals surface area contributed by atoms with Crippen molar-refractivity contribution in [2.75, 3.05) is 13.2 Å². The normalized spacial score (nSPS) is 12.1. The summed E-state index contributed by atoms with van der Waals surface area (Å²) in [7, 11) is 0. The summed E-state index contributed by atoms with van der Waals surface area (Å²) < 4.78 is 16.9. The SMILES string of the molecule is CCCCCCC/C=C/CCCCCCCC(=O)OC[C@H](COC(=O)CCCCCCCCCCC/C=C/CCCCCCCC)OC(=O)CCCCCCCCCCCCCCCCCCCCC. The average molecular weight is 986 g/mol. The average Bonchev–Trinajstić information content (AvgIpc) is 3.36. The van der Waals surface area contributed by atoms with Crippen molar-refractivity contribution in [3.63, 3.8) is 0 Å². The fourth-order valence-corrected chi connectivity index (χ4v) is 9.44. The second kappa shape index (κ2) is 59.5. The maximum Gasteiger partial charge on any atom is 0.306 e. The summed E-state index contributed by atoms with van der Waals surface area (Å²) in [5.74, 6) is -0.856. The molecule has 412 valence electrons. The van der Waals surface area contributed by atoms with Gasteiger partial charge in [0.05, 0.1) is 0 Å². The molecule has 0 heterocycles. The fourth-order valence-electron chi connectivity index (χ4n) is 9.44. The van der Waals surface area contributed by atoms with Crippen molar-refractivity contribution in [2.45, 2.75) is 354 Å². The van der Waals surface area contributed by atoms with E-state index in [4.69, 9.17) is 14.2 Å². The maximum absolute atomic E-state index is 12.9. The van der Waals surface area contributed by atoms with Crippen LogP contribution >= 0.6 is 0 Å². The quantitative estimate of drug-likeness (QED) is 0.0261. The molecule has 0 amide bonds. The molecule has 0 aromatic heterocycles. The van der Waals surface area contributed by atoms with Crippen LogP contribution in [0.2, 0.25) is 0 Å². The van der Waals surface area contributed by atoms with Gasteiger partial charge in [-0.1, -0.05) is 283 Å². The Labute approximate surface area is 436 Å². The molecule has 0 aromatic rings. The zero-order chi connectivity index (χ0) is 50.7. The highest BCUT2D eigenvalue weighted by molar-refractivity contribution is 5.71. The number of carbonyl (C=O) groups excluding carboxylic acids is 3. The third-order valence-electron chi connectivity index (χ3n) is 14.2. The minimum Gasteiger partial charge on any atom is -0.462 e.